The maximum Gasteiger partial charge on any atom is 0.163 e. The van der Waals surface area contributed by atoms with Crippen LogP contribution in [0.1, 0.15) is 11.1 Å². The van der Waals surface area contributed by atoms with Crippen LogP contribution in [0.5, 0.6) is 17.2 Å². The highest BCUT2D eigenvalue weighted by Gasteiger charge is 2.10. The number of rotatable bonds is 10. The molecule has 5 nitrogen and oxygen atoms in total. The van der Waals surface area contributed by atoms with Gasteiger partial charge in [-0.05, 0) is 49.2 Å². The molecule has 0 unspecified atom stereocenters. The molecular formula is C20H27NO4. The van der Waals surface area contributed by atoms with Crippen LogP contribution < -0.4 is 19.5 Å². The van der Waals surface area contributed by atoms with E-state index in [1.165, 1.54) is 0 Å². The minimum absolute atomic E-state index is 0.263. The second-order valence-corrected chi connectivity index (χ2v) is 5.89. The molecule has 136 valence electrons. The van der Waals surface area contributed by atoms with Crippen molar-refractivity contribution in [3.05, 3.63) is 53.6 Å². The Hall–Kier alpha value is -2.24. The predicted molar refractivity (Wildman–Crippen MR) is 98.8 cm³/mol. The van der Waals surface area contributed by atoms with Gasteiger partial charge in [-0.3, -0.25) is 0 Å². The quantitative estimate of drug-likeness (QED) is 0.648. The fraction of sp³-hybridized carbons (Fsp3) is 0.400. The SMILES string of the molecule is COc1cccc(CCNC[C@@H](O)COc2cccc(C)c2)c1OC. The summed E-state index contributed by atoms with van der Waals surface area (Å²) in [4.78, 5) is 0. The first-order valence-electron chi connectivity index (χ1n) is 8.42. The summed E-state index contributed by atoms with van der Waals surface area (Å²) in [5.41, 5.74) is 2.21. The highest BCUT2D eigenvalue weighted by atomic mass is 16.5. The molecule has 2 N–H and O–H groups in total. The summed E-state index contributed by atoms with van der Waals surface area (Å²) in [5, 5.41) is 13.3. The van der Waals surface area contributed by atoms with Crippen LogP contribution in [0.2, 0.25) is 0 Å². The van der Waals surface area contributed by atoms with Crippen LogP contribution >= 0.6 is 0 Å². The second kappa shape index (κ2) is 9.91. The highest BCUT2D eigenvalue weighted by Crippen LogP contribution is 2.30. The van der Waals surface area contributed by atoms with Gasteiger partial charge in [-0.15, -0.1) is 0 Å². The number of nitrogens with one attached hydrogen (secondary N) is 1. The summed E-state index contributed by atoms with van der Waals surface area (Å²) >= 11 is 0. The van der Waals surface area contributed by atoms with E-state index in [1.54, 1.807) is 14.2 Å². The topological polar surface area (TPSA) is 60.0 Å². The Morgan fingerprint density at radius 2 is 1.88 bits per heavy atom. The van der Waals surface area contributed by atoms with E-state index in [4.69, 9.17) is 14.2 Å². The van der Waals surface area contributed by atoms with Crippen molar-refractivity contribution in [2.75, 3.05) is 33.9 Å². The van der Waals surface area contributed by atoms with Crippen molar-refractivity contribution >= 4 is 0 Å². The molecule has 5 heteroatoms. The summed E-state index contributed by atoms with van der Waals surface area (Å²) in [6.45, 7) is 3.47. The Morgan fingerprint density at radius 3 is 2.60 bits per heavy atom. The van der Waals surface area contributed by atoms with E-state index in [2.05, 4.69) is 5.32 Å². The Labute approximate surface area is 149 Å². The van der Waals surface area contributed by atoms with Crippen molar-refractivity contribution in [1.29, 1.82) is 0 Å². The zero-order chi connectivity index (χ0) is 18.1. The molecule has 0 radical (unpaired) electrons. The highest BCUT2D eigenvalue weighted by molar-refractivity contribution is 5.46. The minimum Gasteiger partial charge on any atom is -0.493 e. The van der Waals surface area contributed by atoms with Gasteiger partial charge in [0, 0.05) is 6.54 Å². The lowest BCUT2D eigenvalue weighted by Gasteiger charge is -2.15. The first-order chi connectivity index (χ1) is 12.1. The van der Waals surface area contributed by atoms with Crippen LogP contribution in [0.25, 0.3) is 0 Å². The molecule has 0 aliphatic rings. The van der Waals surface area contributed by atoms with E-state index >= 15 is 0 Å². The first kappa shape index (κ1) is 19.1. The van der Waals surface area contributed by atoms with Crippen molar-refractivity contribution in [3.8, 4) is 17.2 Å². The van der Waals surface area contributed by atoms with Crippen molar-refractivity contribution in [2.45, 2.75) is 19.4 Å². The molecule has 1 atom stereocenters. The van der Waals surface area contributed by atoms with Gasteiger partial charge in [0.25, 0.3) is 0 Å². The molecule has 25 heavy (non-hydrogen) atoms. The van der Waals surface area contributed by atoms with E-state index in [9.17, 15) is 5.11 Å². The molecule has 0 aliphatic carbocycles. The van der Waals surface area contributed by atoms with Crippen molar-refractivity contribution < 1.29 is 19.3 Å². The number of aryl methyl sites for hydroxylation is 1. The lowest BCUT2D eigenvalue weighted by atomic mass is 10.1. The standard InChI is InChI=1S/C20H27NO4/c1-15-6-4-8-18(12-15)25-14-17(22)13-21-11-10-16-7-5-9-19(23-2)20(16)24-3/h4-9,12,17,21-22H,10-11,13-14H2,1-3H3/t17-/m1/s1. The van der Waals surface area contributed by atoms with Crippen molar-refractivity contribution in [3.63, 3.8) is 0 Å². The molecule has 0 amide bonds. The smallest absolute Gasteiger partial charge is 0.163 e. The molecule has 0 bridgehead atoms. The van der Waals surface area contributed by atoms with E-state index in [1.807, 2.05) is 49.4 Å². The van der Waals surface area contributed by atoms with Crippen LogP contribution in [-0.2, 0) is 6.42 Å². The maximum absolute atomic E-state index is 10.0. The Bertz CT molecular complexity index is 660. The van der Waals surface area contributed by atoms with Crippen molar-refractivity contribution in [2.24, 2.45) is 0 Å². The fourth-order valence-corrected chi connectivity index (χ4v) is 2.60. The largest absolute Gasteiger partial charge is 0.493 e. The summed E-state index contributed by atoms with van der Waals surface area (Å²) in [7, 11) is 3.27. The third kappa shape index (κ3) is 5.96. The Kier molecular flexibility index (Phi) is 7.57. The average Bonchev–Trinajstić information content (AvgIpc) is 2.63. The van der Waals surface area contributed by atoms with E-state index in [0.717, 1.165) is 41.3 Å². The maximum atomic E-state index is 10.0. The van der Waals surface area contributed by atoms with Crippen LogP contribution in [0, 0.1) is 6.92 Å². The van der Waals surface area contributed by atoms with Gasteiger partial charge in [0.2, 0.25) is 0 Å². The lowest BCUT2D eigenvalue weighted by Crippen LogP contribution is -2.32. The fourth-order valence-electron chi connectivity index (χ4n) is 2.60. The molecule has 0 saturated heterocycles. The number of benzene rings is 2. The third-order valence-electron chi connectivity index (χ3n) is 3.87. The predicted octanol–water partition coefficient (Wildman–Crippen LogP) is 2.58. The normalized spacial score (nSPS) is 11.8. The number of hydrogen-bond acceptors (Lipinski definition) is 5. The molecule has 2 aromatic rings. The number of methoxy groups -OCH3 is 2. The van der Waals surface area contributed by atoms with Gasteiger partial charge in [0.15, 0.2) is 11.5 Å². The van der Waals surface area contributed by atoms with Gasteiger partial charge < -0.3 is 24.6 Å². The summed E-state index contributed by atoms with van der Waals surface area (Å²) < 4.78 is 16.3. The summed E-state index contributed by atoms with van der Waals surface area (Å²) in [6, 6.07) is 13.6. The number of para-hydroxylation sites is 1. The van der Waals surface area contributed by atoms with Gasteiger partial charge in [0.05, 0.1) is 14.2 Å². The molecule has 0 aromatic heterocycles. The van der Waals surface area contributed by atoms with Crippen molar-refractivity contribution in [1.82, 2.24) is 5.32 Å². The van der Waals surface area contributed by atoms with E-state index < -0.39 is 6.10 Å². The minimum atomic E-state index is -0.562. The number of aliphatic hydroxyl groups excluding tert-OH is 1. The Balaban J connectivity index is 1.72. The first-order valence-corrected chi connectivity index (χ1v) is 8.42. The van der Waals surface area contributed by atoms with Gasteiger partial charge in [0.1, 0.15) is 18.5 Å². The monoisotopic (exact) mass is 345 g/mol. The molecule has 0 spiro atoms. The van der Waals surface area contributed by atoms with Gasteiger partial charge in [-0.25, -0.2) is 0 Å². The molecule has 0 heterocycles. The summed E-state index contributed by atoms with van der Waals surface area (Å²) in [6.07, 6.45) is 0.221. The molecule has 2 aromatic carbocycles. The van der Waals surface area contributed by atoms with E-state index in [0.29, 0.717) is 6.54 Å². The van der Waals surface area contributed by atoms with Gasteiger partial charge in [-0.2, -0.15) is 0 Å². The molecule has 0 aliphatic heterocycles. The number of aliphatic hydroxyl groups is 1. The zero-order valence-electron chi connectivity index (χ0n) is 15.1. The van der Waals surface area contributed by atoms with Crippen LogP contribution in [-0.4, -0.2) is 45.1 Å². The number of ether oxygens (including phenoxy) is 3. The van der Waals surface area contributed by atoms with Gasteiger partial charge in [-0.1, -0.05) is 24.3 Å². The molecule has 0 saturated carbocycles. The van der Waals surface area contributed by atoms with E-state index in [-0.39, 0.29) is 6.61 Å². The lowest BCUT2D eigenvalue weighted by molar-refractivity contribution is 0.106. The molecule has 2 rings (SSSR count). The molecule has 0 fully saturated rings. The Morgan fingerprint density at radius 1 is 1.08 bits per heavy atom. The number of hydrogen-bond donors (Lipinski definition) is 2. The second-order valence-electron chi connectivity index (χ2n) is 5.89. The zero-order valence-corrected chi connectivity index (χ0v) is 15.1. The summed E-state index contributed by atoms with van der Waals surface area (Å²) in [5.74, 6) is 2.27. The van der Waals surface area contributed by atoms with Gasteiger partial charge >= 0.3 is 0 Å². The van der Waals surface area contributed by atoms with Crippen LogP contribution in [0.4, 0.5) is 0 Å². The van der Waals surface area contributed by atoms with Crippen LogP contribution in [0.3, 0.4) is 0 Å². The van der Waals surface area contributed by atoms with Crippen LogP contribution in [0.15, 0.2) is 42.5 Å². The third-order valence-corrected chi connectivity index (χ3v) is 3.87. The average molecular weight is 345 g/mol. The molecular weight excluding hydrogens is 318 g/mol.